The molecular formula is C12H10BrFN2O4. The molecule has 1 aromatic heterocycles. The summed E-state index contributed by atoms with van der Waals surface area (Å²) in [5, 5.41) is 19.3. The van der Waals surface area contributed by atoms with Gasteiger partial charge >= 0.3 is 5.97 Å². The van der Waals surface area contributed by atoms with Gasteiger partial charge in [-0.1, -0.05) is 0 Å². The highest BCUT2D eigenvalue weighted by Crippen LogP contribution is 2.34. The summed E-state index contributed by atoms with van der Waals surface area (Å²) in [6.07, 6.45) is -0.178. The number of aromatic nitrogens is 2. The molecule has 106 valence electrons. The zero-order valence-corrected chi connectivity index (χ0v) is 11.8. The first-order chi connectivity index (χ1) is 9.45. The Morgan fingerprint density at radius 2 is 2.25 bits per heavy atom. The summed E-state index contributed by atoms with van der Waals surface area (Å²) in [7, 11) is 1.32. The predicted octanol–water partition coefficient (Wildman–Crippen LogP) is 2.10. The van der Waals surface area contributed by atoms with Crippen LogP contribution in [0.3, 0.4) is 0 Å². The lowest BCUT2D eigenvalue weighted by atomic mass is 10.0. The second-order valence-electron chi connectivity index (χ2n) is 3.88. The van der Waals surface area contributed by atoms with E-state index in [2.05, 4.69) is 25.9 Å². The fourth-order valence-electron chi connectivity index (χ4n) is 1.77. The molecule has 0 aliphatic carbocycles. The van der Waals surface area contributed by atoms with E-state index in [0.717, 1.165) is 12.4 Å². The molecule has 0 bridgehead atoms. The standard InChI is InChI=1S/C12H10BrFN2O4/c1-20-8-3-7(14)6(13)2-5(8)11(17)9-10(12(18)19)16-4-15-9/h2-4,11,17H,1H3,(H,15,16)(H,18,19). The topological polar surface area (TPSA) is 95.4 Å². The van der Waals surface area contributed by atoms with E-state index < -0.39 is 17.9 Å². The van der Waals surface area contributed by atoms with Gasteiger partial charge in [0.2, 0.25) is 0 Å². The maximum atomic E-state index is 13.4. The number of hydrogen-bond acceptors (Lipinski definition) is 4. The van der Waals surface area contributed by atoms with Crippen molar-refractivity contribution < 1.29 is 24.1 Å². The Balaban J connectivity index is 2.53. The van der Waals surface area contributed by atoms with Gasteiger partial charge in [0.05, 0.1) is 23.6 Å². The molecule has 2 aromatic rings. The molecule has 0 saturated heterocycles. The molecule has 0 saturated carbocycles. The van der Waals surface area contributed by atoms with Crippen LogP contribution in [0.15, 0.2) is 22.9 Å². The molecule has 0 radical (unpaired) electrons. The fourth-order valence-corrected chi connectivity index (χ4v) is 2.13. The third-order valence-electron chi connectivity index (χ3n) is 2.71. The molecule has 1 unspecified atom stereocenters. The summed E-state index contributed by atoms with van der Waals surface area (Å²) in [6.45, 7) is 0. The van der Waals surface area contributed by atoms with E-state index in [1.165, 1.54) is 13.2 Å². The van der Waals surface area contributed by atoms with Crippen molar-refractivity contribution in [3.05, 3.63) is 45.7 Å². The molecule has 0 fully saturated rings. The zero-order valence-electron chi connectivity index (χ0n) is 10.2. The lowest BCUT2D eigenvalue weighted by Crippen LogP contribution is -2.09. The number of H-pyrrole nitrogens is 1. The Morgan fingerprint density at radius 1 is 1.55 bits per heavy atom. The van der Waals surface area contributed by atoms with E-state index in [1.807, 2.05) is 0 Å². The lowest BCUT2D eigenvalue weighted by Gasteiger charge is -2.15. The predicted molar refractivity (Wildman–Crippen MR) is 70.3 cm³/mol. The third-order valence-corrected chi connectivity index (χ3v) is 3.32. The first-order valence-electron chi connectivity index (χ1n) is 5.43. The number of carbonyl (C=O) groups is 1. The molecule has 1 aromatic carbocycles. The van der Waals surface area contributed by atoms with Gasteiger partial charge in [-0.3, -0.25) is 0 Å². The fraction of sp³-hybridized carbons (Fsp3) is 0.167. The van der Waals surface area contributed by atoms with Crippen molar-refractivity contribution in [2.75, 3.05) is 7.11 Å². The summed E-state index contributed by atoms with van der Waals surface area (Å²) >= 11 is 3.00. The van der Waals surface area contributed by atoms with E-state index in [-0.39, 0.29) is 27.2 Å². The van der Waals surface area contributed by atoms with Crippen LogP contribution in [0.4, 0.5) is 4.39 Å². The van der Waals surface area contributed by atoms with E-state index in [9.17, 15) is 14.3 Å². The van der Waals surface area contributed by atoms with Crippen LogP contribution in [-0.4, -0.2) is 33.3 Å². The highest BCUT2D eigenvalue weighted by atomic mass is 79.9. The van der Waals surface area contributed by atoms with E-state index in [0.29, 0.717) is 0 Å². The van der Waals surface area contributed by atoms with Crippen molar-refractivity contribution >= 4 is 21.9 Å². The van der Waals surface area contributed by atoms with Crippen molar-refractivity contribution in [1.29, 1.82) is 0 Å². The summed E-state index contributed by atoms with van der Waals surface area (Å²) in [5.41, 5.74) is -0.0955. The molecule has 8 heteroatoms. The molecule has 0 aliphatic heterocycles. The number of aromatic carboxylic acids is 1. The number of aliphatic hydroxyl groups excluding tert-OH is 1. The van der Waals surface area contributed by atoms with Crippen LogP contribution in [-0.2, 0) is 0 Å². The summed E-state index contributed by atoms with van der Waals surface area (Å²) in [4.78, 5) is 17.2. The molecule has 20 heavy (non-hydrogen) atoms. The average molecular weight is 345 g/mol. The Labute approximate surface area is 121 Å². The zero-order chi connectivity index (χ0) is 14.9. The minimum Gasteiger partial charge on any atom is -0.496 e. The van der Waals surface area contributed by atoms with Gasteiger partial charge in [0.15, 0.2) is 5.69 Å². The van der Waals surface area contributed by atoms with Crippen LogP contribution in [0.5, 0.6) is 5.75 Å². The monoisotopic (exact) mass is 344 g/mol. The Kier molecular flexibility index (Phi) is 4.05. The maximum Gasteiger partial charge on any atom is 0.356 e. The number of imidazole rings is 1. The van der Waals surface area contributed by atoms with Crippen molar-refractivity contribution in [2.24, 2.45) is 0 Å². The first-order valence-corrected chi connectivity index (χ1v) is 6.22. The van der Waals surface area contributed by atoms with Gasteiger partial charge in [0, 0.05) is 11.6 Å². The van der Waals surface area contributed by atoms with Crippen LogP contribution in [0.1, 0.15) is 27.8 Å². The summed E-state index contributed by atoms with van der Waals surface area (Å²) < 4.78 is 18.6. The number of methoxy groups -OCH3 is 1. The van der Waals surface area contributed by atoms with E-state index in [1.54, 1.807) is 0 Å². The minimum absolute atomic E-state index is 0.00527. The SMILES string of the molecule is COc1cc(F)c(Br)cc1C(O)c1[nH]cnc1C(=O)O. The van der Waals surface area contributed by atoms with Gasteiger partial charge in [-0.15, -0.1) is 0 Å². The van der Waals surface area contributed by atoms with Crippen molar-refractivity contribution in [1.82, 2.24) is 9.97 Å². The molecule has 0 aliphatic rings. The smallest absolute Gasteiger partial charge is 0.356 e. The molecule has 6 nitrogen and oxygen atoms in total. The van der Waals surface area contributed by atoms with Gasteiger partial charge in [0.1, 0.15) is 17.7 Å². The summed E-state index contributed by atoms with van der Waals surface area (Å²) in [5.74, 6) is -1.73. The number of halogens is 2. The number of aromatic amines is 1. The van der Waals surface area contributed by atoms with Crippen molar-refractivity contribution in [2.45, 2.75) is 6.10 Å². The molecule has 3 N–H and O–H groups in total. The third kappa shape index (κ3) is 2.52. The Bertz CT molecular complexity index is 659. The average Bonchev–Trinajstić information content (AvgIpc) is 2.90. The number of hydrogen-bond donors (Lipinski definition) is 3. The van der Waals surface area contributed by atoms with Crippen LogP contribution in [0.25, 0.3) is 0 Å². The Morgan fingerprint density at radius 3 is 2.85 bits per heavy atom. The highest BCUT2D eigenvalue weighted by Gasteiger charge is 2.25. The quantitative estimate of drug-likeness (QED) is 0.789. The Hall–Kier alpha value is -1.93. The highest BCUT2D eigenvalue weighted by molar-refractivity contribution is 9.10. The van der Waals surface area contributed by atoms with Crippen LogP contribution in [0, 0.1) is 5.82 Å². The second-order valence-corrected chi connectivity index (χ2v) is 4.74. The van der Waals surface area contributed by atoms with Crippen LogP contribution < -0.4 is 4.74 Å². The number of nitrogens with one attached hydrogen (secondary N) is 1. The largest absolute Gasteiger partial charge is 0.496 e. The molecule has 0 amide bonds. The molecule has 0 spiro atoms. The minimum atomic E-state index is -1.34. The van der Waals surface area contributed by atoms with Gasteiger partial charge in [-0.25, -0.2) is 14.2 Å². The molecule has 1 heterocycles. The molecular weight excluding hydrogens is 335 g/mol. The lowest BCUT2D eigenvalue weighted by molar-refractivity contribution is 0.0685. The number of ether oxygens (including phenoxy) is 1. The number of carboxylic acid groups (broad SMARTS) is 1. The first kappa shape index (κ1) is 14.5. The van der Waals surface area contributed by atoms with Crippen LogP contribution in [0.2, 0.25) is 0 Å². The van der Waals surface area contributed by atoms with Crippen molar-refractivity contribution in [3.63, 3.8) is 0 Å². The maximum absolute atomic E-state index is 13.4. The number of rotatable bonds is 4. The van der Waals surface area contributed by atoms with Crippen molar-refractivity contribution in [3.8, 4) is 5.75 Å². The van der Waals surface area contributed by atoms with Gasteiger partial charge in [0.25, 0.3) is 0 Å². The van der Waals surface area contributed by atoms with E-state index in [4.69, 9.17) is 9.84 Å². The second kappa shape index (κ2) is 5.59. The van der Waals surface area contributed by atoms with Gasteiger partial charge in [-0.05, 0) is 22.0 Å². The molecule has 1 atom stereocenters. The summed E-state index contributed by atoms with van der Waals surface area (Å²) in [6, 6.07) is 2.42. The number of nitrogens with zero attached hydrogens (tertiary/aromatic N) is 1. The van der Waals surface area contributed by atoms with E-state index >= 15 is 0 Å². The van der Waals surface area contributed by atoms with Gasteiger partial charge < -0.3 is 19.9 Å². The number of benzene rings is 1. The number of carboxylic acids is 1. The van der Waals surface area contributed by atoms with Gasteiger partial charge in [-0.2, -0.15) is 0 Å². The number of aliphatic hydroxyl groups is 1. The molecule has 2 rings (SSSR count). The van der Waals surface area contributed by atoms with Crippen LogP contribution >= 0.6 is 15.9 Å². The normalized spacial score (nSPS) is 12.2.